The molecule has 0 heterocycles. The number of thioether (sulfide) groups is 2. The smallest absolute Gasteiger partial charge is 0.354 e. The van der Waals surface area contributed by atoms with E-state index in [2.05, 4.69) is 204 Å². The van der Waals surface area contributed by atoms with Gasteiger partial charge in [0.05, 0.1) is 0 Å². The van der Waals surface area contributed by atoms with E-state index in [0.717, 1.165) is 24.3 Å². The van der Waals surface area contributed by atoms with Gasteiger partial charge in [-0.05, 0) is 151 Å². The highest BCUT2D eigenvalue weighted by atomic mass is 32.2. The molecule has 0 aliphatic rings. The van der Waals surface area contributed by atoms with Crippen molar-refractivity contribution in [2.75, 3.05) is 24.7 Å². The maximum absolute atomic E-state index is 12.9. The molecule has 0 radical (unpaired) electrons. The van der Waals surface area contributed by atoms with Gasteiger partial charge >= 0.3 is 11.9 Å². The summed E-state index contributed by atoms with van der Waals surface area (Å²) in [7, 11) is 0. The van der Waals surface area contributed by atoms with Crippen LogP contribution >= 0.6 is 23.5 Å². The second kappa shape index (κ2) is 57.1. The van der Waals surface area contributed by atoms with Crippen molar-refractivity contribution in [2.45, 2.75) is 142 Å². The Kier molecular flexibility index (Phi) is 50.6. The average molecular weight is 981 g/mol. The molecule has 72 heavy (non-hydrogen) atoms. The lowest BCUT2D eigenvalue weighted by molar-refractivity contribution is -0.145. The molecule has 0 aromatic carbocycles. The van der Waals surface area contributed by atoms with Crippen molar-refractivity contribution in [2.24, 2.45) is 0 Å². The fraction of sp³-hybridized carbons (Fsp3) is 0.394. The third kappa shape index (κ3) is 51.2. The first-order valence-corrected chi connectivity index (χ1v) is 26.3. The normalized spacial score (nSPS) is 8.14. The highest BCUT2D eigenvalue weighted by Crippen LogP contribution is 2.14. The molecule has 0 saturated heterocycles. The van der Waals surface area contributed by atoms with Gasteiger partial charge in [0.15, 0.2) is 5.57 Å². The maximum Gasteiger partial charge on any atom is 0.354 e. The molecule has 0 fully saturated rings. The Morgan fingerprint density at radius 1 is 0.347 bits per heavy atom. The second-order valence-electron chi connectivity index (χ2n) is 14.5. The van der Waals surface area contributed by atoms with E-state index in [1.807, 2.05) is 10.8 Å². The topological polar surface area (TPSA) is 52.6 Å². The number of hydrogen-bond acceptors (Lipinski definition) is 6. The zero-order valence-corrected chi connectivity index (χ0v) is 43.6. The van der Waals surface area contributed by atoms with E-state index in [4.69, 9.17) is 9.47 Å². The van der Waals surface area contributed by atoms with Gasteiger partial charge in [0.25, 0.3) is 0 Å². The van der Waals surface area contributed by atoms with Crippen LogP contribution in [0.2, 0.25) is 0 Å². The summed E-state index contributed by atoms with van der Waals surface area (Å²) in [6.45, 7) is 7.81. The summed E-state index contributed by atoms with van der Waals surface area (Å²) >= 11 is 3.35. The molecule has 6 heteroatoms. The molecular formula is C66H60O4S2. The van der Waals surface area contributed by atoms with Gasteiger partial charge in [-0.3, -0.25) is 0 Å². The molecule has 0 rings (SSSR count). The quantitative estimate of drug-likeness (QED) is 0.0179. The zero-order chi connectivity index (χ0) is 52.0. The maximum atomic E-state index is 12.9. The van der Waals surface area contributed by atoms with Crippen LogP contribution in [0.5, 0.6) is 0 Å². The molecule has 0 aromatic heterocycles. The first-order valence-electron chi connectivity index (χ1n) is 24.2. The predicted octanol–water partition coefficient (Wildman–Crippen LogP) is 15.9. The van der Waals surface area contributed by atoms with Crippen LogP contribution in [0.3, 0.4) is 0 Å². The van der Waals surface area contributed by atoms with Crippen LogP contribution in [0.25, 0.3) is 0 Å². The minimum Gasteiger partial charge on any atom is -0.457 e. The van der Waals surface area contributed by atoms with Crippen LogP contribution in [0, 0.1) is 0 Å². The van der Waals surface area contributed by atoms with Crippen molar-refractivity contribution >= 4 is 35.5 Å². The van der Waals surface area contributed by atoms with E-state index in [0.29, 0.717) is 0 Å². The second-order valence-corrected chi connectivity index (χ2v) is 16.5. The number of carbonyl (C=O) groups excluding carboxylic acids is 2. The lowest BCUT2D eigenvalue weighted by Gasteiger charge is -2.04. The summed E-state index contributed by atoms with van der Waals surface area (Å²) in [6.07, 6.45) is 29.4. The third-order valence-electron chi connectivity index (χ3n) is 8.73. The summed E-state index contributed by atoms with van der Waals surface area (Å²) < 4.78 is 10.6. The number of unbranched alkanes of at least 4 members (excludes halogenated alkanes) is 18. The number of esters is 2. The zero-order valence-electron chi connectivity index (χ0n) is 41.9. The van der Waals surface area contributed by atoms with Crippen molar-refractivity contribution in [3.8, 4) is 0 Å². The van der Waals surface area contributed by atoms with Gasteiger partial charge < -0.3 is 9.47 Å². The fourth-order valence-corrected chi connectivity index (χ4v) is 6.73. The van der Waals surface area contributed by atoms with Crippen LogP contribution in [0.4, 0.5) is 0 Å². The van der Waals surface area contributed by atoms with Crippen molar-refractivity contribution < 1.29 is 19.1 Å². The van der Waals surface area contributed by atoms with Gasteiger partial charge in [-0.1, -0.05) is 135 Å². The molecule has 0 atom stereocenters. The Bertz CT molecular complexity index is 3060. The molecule has 0 bridgehead atoms. The van der Waals surface area contributed by atoms with E-state index < -0.39 is 17.5 Å². The van der Waals surface area contributed by atoms with Gasteiger partial charge in [0, 0.05) is 80.2 Å². The molecule has 0 amide bonds. The first-order chi connectivity index (χ1) is 35.7. The Morgan fingerprint density at radius 3 is 0.847 bits per heavy atom. The summed E-state index contributed by atoms with van der Waals surface area (Å²) in [5, 5.41) is 3.83. The molecule has 0 aliphatic heterocycles. The molecular weight excluding hydrogens is 921 g/mol. The fourth-order valence-electron chi connectivity index (χ4n) is 5.29. The van der Waals surface area contributed by atoms with Gasteiger partial charge in [0.2, 0.25) is 0 Å². The average Bonchev–Trinajstić information content (AvgIpc) is 3.38. The lowest BCUT2D eigenvalue weighted by Crippen LogP contribution is -2.18. The summed E-state index contributed by atoms with van der Waals surface area (Å²) in [5.41, 5.74) is 79.6. The monoisotopic (exact) mass is 980 g/mol. The van der Waals surface area contributed by atoms with Crippen molar-refractivity contribution in [1.82, 2.24) is 0 Å². The Morgan fingerprint density at radius 2 is 0.583 bits per heavy atom. The van der Waals surface area contributed by atoms with E-state index in [9.17, 15) is 9.59 Å². The molecule has 0 unspecified atom stereocenters. The number of hydrogen-bond donors (Lipinski definition) is 0. The Hall–Kier alpha value is -8.18. The van der Waals surface area contributed by atoms with Crippen LogP contribution in [0.1, 0.15) is 142 Å². The summed E-state index contributed by atoms with van der Waals surface area (Å²) in [4.78, 5) is 25.8. The summed E-state index contributed by atoms with van der Waals surface area (Å²) in [6, 6.07) is 0. The number of carbonyl (C=O) groups is 2. The van der Waals surface area contributed by atoms with E-state index in [1.165, 1.54) is 116 Å². The van der Waals surface area contributed by atoms with E-state index >= 15 is 0 Å². The molecule has 360 valence electrons. The molecule has 4 nitrogen and oxygen atoms in total. The highest BCUT2D eigenvalue weighted by molar-refractivity contribution is 8.02. The van der Waals surface area contributed by atoms with Gasteiger partial charge in [-0.2, -0.15) is 0 Å². The molecule has 0 saturated carbocycles. The van der Waals surface area contributed by atoms with Crippen LogP contribution in [0.15, 0.2) is 219 Å². The lowest BCUT2D eigenvalue weighted by atomic mass is 10.1. The van der Waals surface area contributed by atoms with Gasteiger partial charge in [-0.15, -0.1) is 23.5 Å². The van der Waals surface area contributed by atoms with Crippen LogP contribution in [-0.2, 0) is 19.1 Å². The minimum absolute atomic E-state index is 0.00440. The van der Waals surface area contributed by atoms with E-state index in [1.54, 1.807) is 35.7 Å². The van der Waals surface area contributed by atoms with Crippen molar-refractivity contribution in [3.05, 3.63) is 219 Å². The standard InChI is InChI=1S/C66H60O4S2/c1-4-7-10-13-16-19-22-23-24-25-26-27-28-29-30-31-32-33-34-35-36-37-38-39-40-41-42-43-46-49-52-57-64(65(67)69-58-55-62-71-60-53-50-47-44-20-17-14-11-8-5-2)66(68)70-59-56-63-72-61-54-51-48-45-21-18-15-12-9-6-3/h55-56,62-63H,1,5-6,8-9,11-12,14-15,17-18,20-21,44-45,47-48,50-51,53-54,58-61H2,2-3H3. The molecule has 0 N–H and O–H groups in total. The molecule has 0 aliphatic carbocycles. The minimum atomic E-state index is -0.886. The molecule has 0 aromatic rings. The Labute approximate surface area is 437 Å². The highest BCUT2D eigenvalue weighted by Gasteiger charge is 2.21. The predicted molar refractivity (Wildman–Crippen MR) is 290 cm³/mol. The summed E-state index contributed by atoms with van der Waals surface area (Å²) in [5.74, 6) is 0.227. The first kappa shape index (κ1) is 63.8. The Balaban J connectivity index is 5.86. The molecule has 0 spiro atoms. The SMILES string of the molecule is C=C=C=C=C=C=C=C=C=C=C=C=C=C=C=C=C=C=C=C=C=C=C=C=C=C=C=C=C=C=C=C=C=C(C(=O)OCC=CSCCCCCCCCCCCC)C(=O)OCC=CSCCCCCCCCCCCC. The number of rotatable bonds is 30. The van der Waals surface area contributed by atoms with Crippen molar-refractivity contribution in [1.29, 1.82) is 0 Å². The number of ether oxygens (including phenoxy) is 2. The van der Waals surface area contributed by atoms with E-state index in [-0.39, 0.29) is 13.2 Å². The van der Waals surface area contributed by atoms with Crippen LogP contribution < -0.4 is 0 Å². The van der Waals surface area contributed by atoms with Crippen LogP contribution in [-0.4, -0.2) is 36.7 Å². The van der Waals surface area contributed by atoms with Crippen molar-refractivity contribution in [3.63, 3.8) is 0 Å². The van der Waals surface area contributed by atoms with Gasteiger partial charge in [0.1, 0.15) is 13.2 Å². The third-order valence-corrected chi connectivity index (χ3v) is 10.6. The largest absolute Gasteiger partial charge is 0.457 e. The van der Waals surface area contributed by atoms with Gasteiger partial charge in [-0.25, -0.2) is 9.59 Å².